The van der Waals surface area contributed by atoms with Crippen LogP contribution in [0.3, 0.4) is 0 Å². The van der Waals surface area contributed by atoms with E-state index >= 15 is 0 Å². The Labute approximate surface area is 273 Å². The maximum Gasteiger partial charge on any atom is 0.407 e. The van der Waals surface area contributed by atoms with Crippen LogP contribution in [0.15, 0.2) is 27.7 Å². The zero-order chi connectivity index (χ0) is 32.4. The summed E-state index contributed by atoms with van der Waals surface area (Å²) in [6.07, 6.45) is -0.521. The van der Waals surface area contributed by atoms with E-state index in [9.17, 15) is 19.2 Å². The van der Waals surface area contributed by atoms with Crippen LogP contribution in [0.5, 0.6) is 0 Å². The number of β-lactam (4-membered cyclic amide) rings is 1. The van der Waals surface area contributed by atoms with E-state index in [1.807, 2.05) is 13.0 Å². The first-order valence-corrected chi connectivity index (χ1v) is 17.4. The monoisotopic (exact) mass is 683 g/mol. The normalized spacial score (nSPS) is 20.1. The average Bonchev–Trinajstić information content (AvgIpc) is 3.54. The van der Waals surface area contributed by atoms with Crippen LogP contribution in [0.4, 0.5) is 4.79 Å². The first kappa shape index (κ1) is 34.2. The number of thioether (sulfide) groups is 2. The molecule has 0 spiro atoms. The van der Waals surface area contributed by atoms with E-state index in [2.05, 4.69) is 20.8 Å². The molecule has 4 heterocycles. The highest BCUT2D eigenvalue weighted by molar-refractivity contribution is 8.01. The minimum Gasteiger partial charge on any atom is -0.455 e. The van der Waals surface area contributed by atoms with Crippen molar-refractivity contribution in [3.63, 3.8) is 0 Å². The molecule has 0 aliphatic carbocycles. The molecular formula is C28H37N5O7S4. The zero-order valence-corrected chi connectivity index (χ0v) is 29.2. The highest BCUT2D eigenvalue weighted by Gasteiger charge is 2.66. The SMILES string of the molecule is CO[C@@]1(NC(=O)Cc2ccc(CNC(=O)OC(C)(C)C)s2)C(=O)N2C(C(=O)OC(C)(C)C)=C(CSc3nnc(C)s3)CS[C@H]21. The van der Waals surface area contributed by atoms with Crippen molar-refractivity contribution < 1.29 is 33.4 Å². The summed E-state index contributed by atoms with van der Waals surface area (Å²) in [5.41, 5.74) is -2.12. The molecule has 2 aliphatic heterocycles. The summed E-state index contributed by atoms with van der Waals surface area (Å²) in [7, 11) is 1.36. The number of nitrogens with zero attached hydrogens (tertiary/aromatic N) is 3. The molecule has 1 saturated heterocycles. The Bertz CT molecular complexity index is 1460. The van der Waals surface area contributed by atoms with Gasteiger partial charge in [-0.3, -0.25) is 14.5 Å². The molecule has 3 amide bonds. The molecule has 2 aromatic heterocycles. The lowest BCUT2D eigenvalue weighted by atomic mass is 9.98. The van der Waals surface area contributed by atoms with Gasteiger partial charge in [-0.05, 0) is 66.2 Å². The lowest BCUT2D eigenvalue weighted by Crippen LogP contribution is -2.80. The maximum absolute atomic E-state index is 13.7. The van der Waals surface area contributed by atoms with Crippen LogP contribution in [0.25, 0.3) is 0 Å². The molecule has 0 bridgehead atoms. The molecule has 2 aromatic rings. The summed E-state index contributed by atoms with van der Waals surface area (Å²) in [6.45, 7) is 12.8. The predicted octanol–water partition coefficient (Wildman–Crippen LogP) is 4.24. The molecule has 16 heteroatoms. The lowest BCUT2D eigenvalue weighted by molar-refractivity contribution is -0.193. The van der Waals surface area contributed by atoms with E-state index in [0.29, 0.717) is 11.5 Å². The number of hydrogen-bond acceptors (Lipinski definition) is 13. The number of thiophene rings is 1. The van der Waals surface area contributed by atoms with Crippen LogP contribution in [0.2, 0.25) is 0 Å². The molecule has 0 unspecified atom stereocenters. The molecule has 4 rings (SSSR count). The van der Waals surface area contributed by atoms with Gasteiger partial charge in [-0.1, -0.05) is 23.1 Å². The second-order valence-electron chi connectivity index (χ2n) is 12.1. The number of carbonyl (C=O) groups is 4. The number of nitrogens with one attached hydrogen (secondary N) is 2. The fourth-order valence-electron chi connectivity index (χ4n) is 4.35. The number of aromatic nitrogens is 2. The molecule has 2 aliphatic rings. The Hall–Kier alpha value is -2.66. The number of fused-ring (bicyclic) bond motifs is 1. The Kier molecular flexibility index (Phi) is 10.4. The Balaban J connectivity index is 1.45. The number of methoxy groups -OCH3 is 1. The minimum absolute atomic E-state index is 0.00476. The van der Waals surface area contributed by atoms with Crippen LogP contribution in [-0.2, 0) is 41.6 Å². The molecule has 2 N–H and O–H groups in total. The third-order valence-electron chi connectivity index (χ3n) is 6.08. The molecule has 1 fully saturated rings. The third kappa shape index (κ3) is 8.13. The van der Waals surface area contributed by atoms with Gasteiger partial charge in [-0.25, -0.2) is 9.59 Å². The van der Waals surface area contributed by atoms with Crippen LogP contribution >= 0.6 is 46.2 Å². The van der Waals surface area contributed by atoms with E-state index in [1.54, 1.807) is 47.6 Å². The van der Waals surface area contributed by atoms with Crippen LogP contribution in [0.1, 0.15) is 56.3 Å². The van der Waals surface area contributed by atoms with Gasteiger partial charge in [-0.2, -0.15) is 0 Å². The summed E-state index contributed by atoms with van der Waals surface area (Å²) in [4.78, 5) is 55.3. The van der Waals surface area contributed by atoms with E-state index in [-0.39, 0.29) is 18.7 Å². The van der Waals surface area contributed by atoms with Crippen molar-refractivity contribution in [2.75, 3.05) is 18.6 Å². The zero-order valence-electron chi connectivity index (χ0n) is 25.9. The first-order valence-electron chi connectivity index (χ1n) is 13.8. The number of amides is 3. The summed E-state index contributed by atoms with van der Waals surface area (Å²) in [6, 6.07) is 3.62. The number of rotatable bonds is 10. The highest BCUT2D eigenvalue weighted by atomic mass is 32.2. The minimum atomic E-state index is -1.64. The second-order valence-corrected chi connectivity index (χ2v) is 16.8. The van der Waals surface area contributed by atoms with Gasteiger partial charge in [0.15, 0.2) is 4.34 Å². The smallest absolute Gasteiger partial charge is 0.407 e. The molecule has 12 nitrogen and oxygen atoms in total. The fraction of sp³-hybridized carbons (Fsp3) is 0.571. The quantitative estimate of drug-likeness (QED) is 0.160. The van der Waals surface area contributed by atoms with E-state index in [1.165, 1.54) is 58.2 Å². The van der Waals surface area contributed by atoms with E-state index in [4.69, 9.17) is 14.2 Å². The summed E-state index contributed by atoms with van der Waals surface area (Å²) < 4.78 is 17.4. The molecule has 2 atom stereocenters. The van der Waals surface area contributed by atoms with E-state index < -0.39 is 46.2 Å². The maximum atomic E-state index is 13.7. The van der Waals surface area contributed by atoms with Crippen molar-refractivity contribution in [3.05, 3.63) is 38.2 Å². The average molecular weight is 684 g/mol. The van der Waals surface area contributed by atoms with Gasteiger partial charge in [0.2, 0.25) is 5.91 Å². The Morgan fingerprint density at radius 2 is 1.75 bits per heavy atom. The van der Waals surface area contributed by atoms with Gasteiger partial charge in [0.25, 0.3) is 11.6 Å². The Morgan fingerprint density at radius 1 is 1.07 bits per heavy atom. The number of carbonyl (C=O) groups excluding carboxylic acids is 4. The van der Waals surface area contributed by atoms with Crippen molar-refractivity contribution in [1.29, 1.82) is 0 Å². The van der Waals surface area contributed by atoms with Crippen molar-refractivity contribution in [2.24, 2.45) is 0 Å². The predicted molar refractivity (Wildman–Crippen MR) is 170 cm³/mol. The molecular weight excluding hydrogens is 647 g/mol. The topological polar surface area (TPSA) is 149 Å². The van der Waals surface area contributed by atoms with Gasteiger partial charge in [-0.15, -0.1) is 33.3 Å². The molecule has 0 saturated carbocycles. The number of hydrogen-bond donors (Lipinski definition) is 2. The van der Waals surface area contributed by atoms with Crippen LogP contribution in [-0.4, -0.2) is 79.9 Å². The van der Waals surface area contributed by atoms with Gasteiger partial charge in [0, 0.05) is 28.4 Å². The Morgan fingerprint density at radius 3 is 2.36 bits per heavy atom. The highest BCUT2D eigenvalue weighted by Crippen LogP contribution is 2.48. The van der Waals surface area contributed by atoms with Crippen LogP contribution < -0.4 is 10.6 Å². The van der Waals surface area contributed by atoms with Gasteiger partial charge in [0.1, 0.15) is 27.3 Å². The largest absolute Gasteiger partial charge is 0.455 e. The van der Waals surface area contributed by atoms with Crippen molar-refractivity contribution >= 4 is 70.1 Å². The second kappa shape index (κ2) is 13.4. The third-order valence-corrected chi connectivity index (χ3v) is 10.6. The lowest BCUT2D eigenvalue weighted by Gasteiger charge is -2.56. The molecule has 0 radical (unpaired) electrons. The summed E-state index contributed by atoms with van der Waals surface area (Å²) in [5, 5.41) is 13.8. The molecule has 44 heavy (non-hydrogen) atoms. The van der Waals surface area contributed by atoms with E-state index in [0.717, 1.165) is 24.7 Å². The molecule has 240 valence electrons. The standard InChI is InChI=1S/C28H37N5O7S4/c1-15-31-32-25(43-15)42-14-16-13-41-23-28(38-8,22(36)33(23)20(16)21(35)39-26(2,3)4)30-19(34)11-17-9-10-18(44-17)12-29-24(37)40-27(5,6)7/h9-10,23H,11-14H2,1-8H3,(H,29,37)(H,30,34)/t23-,28-/m0/s1. The number of esters is 1. The van der Waals surface area contributed by atoms with Gasteiger partial charge >= 0.3 is 12.1 Å². The number of aryl methyl sites for hydroxylation is 1. The summed E-state index contributed by atoms with van der Waals surface area (Å²) in [5.74, 6) is -0.725. The first-order chi connectivity index (χ1) is 20.5. The summed E-state index contributed by atoms with van der Waals surface area (Å²) >= 11 is 5.67. The molecule has 0 aromatic carbocycles. The number of ether oxygens (including phenoxy) is 3. The van der Waals surface area contributed by atoms with Crippen molar-refractivity contribution in [2.45, 2.75) is 88.1 Å². The fourth-order valence-corrected chi connectivity index (χ4v) is 8.70. The van der Waals surface area contributed by atoms with Crippen molar-refractivity contribution in [3.8, 4) is 0 Å². The van der Waals surface area contributed by atoms with Crippen molar-refractivity contribution in [1.82, 2.24) is 25.7 Å². The number of alkyl carbamates (subject to hydrolysis) is 1. The van der Waals surface area contributed by atoms with Gasteiger partial charge in [0.05, 0.1) is 13.0 Å². The van der Waals surface area contributed by atoms with Gasteiger partial charge < -0.3 is 24.8 Å². The van der Waals surface area contributed by atoms with Crippen LogP contribution in [0, 0.1) is 6.92 Å².